The van der Waals surface area contributed by atoms with Crippen molar-refractivity contribution in [3.05, 3.63) is 24.2 Å². The number of rotatable bonds is 9. The number of furan rings is 1. The summed E-state index contributed by atoms with van der Waals surface area (Å²) in [7, 11) is 4.00. The predicted molar refractivity (Wildman–Crippen MR) is 80.6 cm³/mol. The highest BCUT2D eigenvalue weighted by Crippen LogP contribution is 2.00. The van der Waals surface area contributed by atoms with Gasteiger partial charge in [0.15, 0.2) is 0 Å². The maximum absolute atomic E-state index is 11.7. The molecule has 118 valence electrons. The maximum Gasteiger partial charge on any atom is 0.222 e. The lowest BCUT2D eigenvalue weighted by atomic mass is 10.3. The van der Waals surface area contributed by atoms with Crippen molar-refractivity contribution in [3.8, 4) is 0 Å². The van der Waals surface area contributed by atoms with Crippen LogP contribution in [0, 0.1) is 0 Å². The summed E-state index contributed by atoms with van der Waals surface area (Å²) in [5.74, 6) is 0.649. The van der Waals surface area contributed by atoms with Gasteiger partial charge in [-0.3, -0.25) is 9.59 Å². The zero-order chi connectivity index (χ0) is 15.7. The Hall–Kier alpha value is -1.82. The molecule has 1 rings (SSSR count). The van der Waals surface area contributed by atoms with E-state index in [1.54, 1.807) is 17.2 Å². The van der Waals surface area contributed by atoms with E-state index in [0.717, 1.165) is 18.7 Å². The molecule has 2 amide bonds. The molecule has 0 unspecified atom stereocenters. The molecule has 0 saturated heterocycles. The topological polar surface area (TPSA) is 65.8 Å². The molecular weight excluding hydrogens is 270 g/mol. The molecule has 0 aromatic carbocycles. The van der Waals surface area contributed by atoms with Gasteiger partial charge in [0.2, 0.25) is 11.8 Å². The Morgan fingerprint density at radius 1 is 1.24 bits per heavy atom. The molecule has 0 atom stereocenters. The Labute approximate surface area is 126 Å². The van der Waals surface area contributed by atoms with Gasteiger partial charge in [-0.25, -0.2) is 0 Å². The molecule has 0 spiro atoms. The molecule has 0 radical (unpaired) electrons. The number of hydrogen-bond acceptors (Lipinski definition) is 4. The first kappa shape index (κ1) is 17.2. The number of hydrogen-bond donors (Lipinski definition) is 1. The van der Waals surface area contributed by atoms with Crippen molar-refractivity contribution >= 4 is 11.8 Å². The molecule has 0 aliphatic carbocycles. The molecule has 0 saturated carbocycles. The summed E-state index contributed by atoms with van der Waals surface area (Å²) in [6, 6.07) is 3.59. The summed E-state index contributed by atoms with van der Waals surface area (Å²) >= 11 is 0. The van der Waals surface area contributed by atoms with Gasteiger partial charge in [-0.1, -0.05) is 0 Å². The standard InChI is InChI=1S/C15H25N3O3/c1-13(19)18(9-5-8-17(2)3)10-7-15(20)16-12-14-6-4-11-21-14/h4,6,11H,5,7-10,12H2,1-3H3,(H,16,20). The van der Waals surface area contributed by atoms with Crippen LogP contribution in [-0.4, -0.2) is 55.3 Å². The Morgan fingerprint density at radius 2 is 2.00 bits per heavy atom. The van der Waals surface area contributed by atoms with Crippen LogP contribution in [0.2, 0.25) is 0 Å². The maximum atomic E-state index is 11.7. The van der Waals surface area contributed by atoms with Crippen LogP contribution >= 0.6 is 0 Å². The van der Waals surface area contributed by atoms with Gasteiger partial charge in [-0.2, -0.15) is 0 Å². The number of nitrogens with one attached hydrogen (secondary N) is 1. The van der Waals surface area contributed by atoms with Crippen molar-refractivity contribution in [3.63, 3.8) is 0 Å². The van der Waals surface area contributed by atoms with Crippen LogP contribution in [0.1, 0.15) is 25.5 Å². The van der Waals surface area contributed by atoms with Gasteiger partial charge in [0.05, 0.1) is 12.8 Å². The molecule has 1 heterocycles. The zero-order valence-electron chi connectivity index (χ0n) is 13.1. The van der Waals surface area contributed by atoms with Crippen molar-refractivity contribution in [1.29, 1.82) is 0 Å². The molecule has 0 bridgehead atoms. The van der Waals surface area contributed by atoms with Crippen molar-refractivity contribution in [2.45, 2.75) is 26.3 Å². The van der Waals surface area contributed by atoms with E-state index in [2.05, 4.69) is 10.2 Å². The summed E-state index contributed by atoms with van der Waals surface area (Å²) in [4.78, 5) is 27.1. The molecule has 1 aromatic rings. The lowest BCUT2D eigenvalue weighted by Gasteiger charge is -2.21. The predicted octanol–water partition coefficient (Wildman–Crippen LogP) is 1.09. The van der Waals surface area contributed by atoms with E-state index in [0.29, 0.717) is 26.1 Å². The number of nitrogens with zero attached hydrogens (tertiary/aromatic N) is 2. The van der Waals surface area contributed by atoms with Gasteiger partial charge in [0.1, 0.15) is 5.76 Å². The fourth-order valence-corrected chi connectivity index (χ4v) is 1.93. The molecule has 6 nitrogen and oxygen atoms in total. The van der Waals surface area contributed by atoms with Crippen LogP contribution in [0.3, 0.4) is 0 Å². The van der Waals surface area contributed by atoms with E-state index in [-0.39, 0.29) is 11.8 Å². The minimum absolute atomic E-state index is 0.00703. The number of amides is 2. The van der Waals surface area contributed by atoms with Gasteiger partial charge < -0.3 is 19.5 Å². The Bertz CT molecular complexity index is 429. The largest absolute Gasteiger partial charge is 0.467 e. The van der Waals surface area contributed by atoms with Crippen LogP contribution in [0.15, 0.2) is 22.8 Å². The second kappa shape index (κ2) is 9.18. The molecule has 21 heavy (non-hydrogen) atoms. The first-order valence-electron chi connectivity index (χ1n) is 7.18. The third kappa shape index (κ3) is 7.51. The molecule has 1 aromatic heterocycles. The highest BCUT2D eigenvalue weighted by molar-refractivity contribution is 5.77. The fourth-order valence-electron chi connectivity index (χ4n) is 1.93. The van der Waals surface area contributed by atoms with E-state index in [1.165, 1.54) is 6.92 Å². The number of carbonyl (C=O) groups excluding carboxylic acids is 2. The Kier molecular flexibility index (Phi) is 7.53. The van der Waals surface area contributed by atoms with Crippen molar-refractivity contribution in [2.24, 2.45) is 0 Å². The fraction of sp³-hybridized carbons (Fsp3) is 0.600. The average Bonchev–Trinajstić information content (AvgIpc) is 2.92. The highest BCUT2D eigenvalue weighted by atomic mass is 16.3. The monoisotopic (exact) mass is 295 g/mol. The summed E-state index contributed by atoms with van der Waals surface area (Å²) in [5, 5.41) is 2.77. The molecule has 0 aliphatic heterocycles. The molecule has 1 N–H and O–H groups in total. The highest BCUT2D eigenvalue weighted by Gasteiger charge is 2.11. The summed E-state index contributed by atoms with van der Waals surface area (Å²) in [5.41, 5.74) is 0. The summed E-state index contributed by atoms with van der Waals surface area (Å²) in [6.45, 7) is 3.98. The summed E-state index contributed by atoms with van der Waals surface area (Å²) < 4.78 is 5.14. The average molecular weight is 295 g/mol. The minimum Gasteiger partial charge on any atom is -0.467 e. The third-order valence-corrected chi connectivity index (χ3v) is 3.13. The van der Waals surface area contributed by atoms with Crippen LogP contribution in [0.5, 0.6) is 0 Å². The van der Waals surface area contributed by atoms with Gasteiger partial charge in [-0.15, -0.1) is 0 Å². The lowest BCUT2D eigenvalue weighted by molar-refractivity contribution is -0.129. The number of carbonyl (C=O) groups is 2. The molecule has 6 heteroatoms. The SMILES string of the molecule is CC(=O)N(CCCN(C)C)CCC(=O)NCc1ccco1. The van der Waals surface area contributed by atoms with Crippen molar-refractivity contribution in [1.82, 2.24) is 15.1 Å². The zero-order valence-corrected chi connectivity index (χ0v) is 13.1. The minimum atomic E-state index is -0.0785. The van der Waals surface area contributed by atoms with Gasteiger partial charge >= 0.3 is 0 Å². The second-order valence-corrected chi connectivity index (χ2v) is 5.27. The van der Waals surface area contributed by atoms with Crippen molar-refractivity contribution < 1.29 is 14.0 Å². The van der Waals surface area contributed by atoms with Crippen LogP contribution in [0.25, 0.3) is 0 Å². The van der Waals surface area contributed by atoms with E-state index < -0.39 is 0 Å². The van der Waals surface area contributed by atoms with Gasteiger partial charge in [0.25, 0.3) is 0 Å². The summed E-state index contributed by atoms with van der Waals surface area (Å²) in [6.07, 6.45) is 2.78. The second-order valence-electron chi connectivity index (χ2n) is 5.27. The van der Waals surface area contributed by atoms with Gasteiger partial charge in [0, 0.05) is 26.4 Å². The van der Waals surface area contributed by atoms with Gasteiger partial charge in [-0.05, 0) is 39.2 Å². The molecule has 0 aliphatic rings. The smallest absolute Gasteiger partial charge is 0.222 e. The Balaban J connectivity index is 2.25. The van der Waals surface area contributed by atoms with E-state index in [9.17, 15) is 9.59 Å². The first-order chi connectivity index (χ1) is 9.99. The molecular formula is C15H25N3O3. The quantitative estimate of drug-likeness (QED) is 0.740. The van der Waals surface area contributed by atoms with Crippen LogP contribution in [-0.2, 0) is 16.1 Å². The van der Waals surface area contributed by atoms with E-state index in [4.69, 9.17) is 4.42 Å². The van der Waals surface area contributed by atoms with Crippen LogP contribution < -0.4 is 5.32 Å². The third-order valence-electron chi connectivity index (χ3n) is 3.13. The Morgan fingerprint density at radius 3 is 2.57 bits per heavy atom. The van der Waals surface area contributed by atoms with E-state index >= 15 is 0 Å². The molecule has 0 fully saturated rings. The van der Waals surface area contributed by atoms with Crippen LogP contribution in [0.4, 0.5) is 0 Å². The first-order valence-corrected chi connectivity index (χ1v) is 7.18. The van der Waals surface area contributed by atoms with E-state index in [1.807, 2.05) is 20.2 Å². The van der Waals surface area contributed by atoms with Crippen molar-refractivity contribution in [2.75, 3.05) is 33.7 Å². The lowest BCUT2D eigenvalue weighted by Crippen LogP contribution is -2.35. The normalized spacial score (nSPS) is 10.7.